The summed E-state index contributed by atoms with van der Waals surface area (Å²) in [5.41, 5.74) is 3.25. The summed E-state index contributed by atoms with van der Waals surface area (Å²) in [6.07, 6.45) is 3.65. The molecule has 1 fully saturated rings. The Balaban J connectivity index is 1.43. The van der Waals surface area contributed by atoms with Crippen LogP contribution in [-0.2, 0) is 24.9 Å². The summed E-state index contributed by atoms with van der Waals surface area (Å²) in [6.45, 7) is -0.0355. The Labute approximate surface area is 199 Å². The van der Waals surface area contributed by atoms with Gasteiger partial charge in [-0.25, -0.2) is 0 Å². The van der Waals surface area contributed by atoms with E-state index in [9.17, 15) is 20.0 Å². The normalized spacial score (nSPS) is 18.7. The van der Waals surface area contributed by atoms with Crippen LogP contribution in [0.4, 0.5) is 0 Å². The van der Waals surface area contributed by atoms with Crippen molar-refractivity contribution in [1.82, 2.24) is 15.2 Å². The number of hydrogen-bond acceptors (Lipinski definition) is 4. The van der Waals surface area contributed by atoms with Crippen molar-refractivity contribution in [2.45, 2.75) is 50.8 Å². The molecule has 2 amide bonds. The number of carbonyl (C=O) groups excluding carboxylic acids is 2. The summed E-state index contributed by atoms with van der Waals surface area (Å²) in [5.74, 6) is -0.759. The number of nitrogens with zero attached hydrogens (tertiary/aromatic N) is 2. The smallest absolute Gasteiger partial charge is 0.268 e. The van der Waals surface area contributed by atoms with E-state index in [1.807, 2.05) is 66.2 Å². The summed E-state index contributed by atoms with van der Waals surface area (Å²) in [4.78, 5) is 26.3. The average Bonchev–Trinajstić information content (AvgIpc) is 3.21. The molecule has 176 valence electrons. The standard InChI is InChI=1S/C27H30N4O3/c1-31-24-9-5-2-6-20(24)15-25(31)27(34)30-23-8-4-3-7-22(23)26(33)29-21(16-28)14-18-10-12-19(17-32)13-11-18/h2,5-6,9-13,15,21-23,32H,3-4,7-8,14,17H2,1H3,(H,29,33)(H,30,34). The van der Waals surface area contributed by atoms with Crippen LogP contribution in [0.1, 0.15) is 47.3 Å². The number of aromatic nitrogens is 1. The van der Waals surface area contributed by atoms with Crippen LogP contribution >= 0.6 is 0 Å². The molecule has 7 nitrogen and oxygen atoms in total. The van der Waals surface area contributed by atoms with E-state index >= 15 is 0 Å². The minimum absolute atomic E-state index is 0.0355. The predicted molar refractivity (Wildman–Crippen MR) is 130 cm³/mol. The third kappa shape index (κ3) is 5.13. The van der Waals surface area contributed by atoms with Crippen molar-refractivity contribution in [3.05, 3.63) is 71.4 Å². The summed E-state index contributed by atoms with van der Waals surface area (Å²) < 4.78 is 1.87. The first-order chi connectivity index (χ1) is 16.5. The molecule has 0 radical (unpaired) electrons. The molecule has 3 atom stereocenters. The molecule has 0 spiro atoms. The van der Waals surface area contributed by atoms with Gasteiger partial charge in [-0.3, -0.25) is 9.59 Å². The number of nitriles is 1. The number of benzene rings is 2. The molecular formula is C27H30N4O3. The maximum atomic E-state index is 13.1. The largest absolute Gasteiger partial charge is 0.392 e. The molecule has 1 aliphatic rings. The van der Waals surface area contributed by atoms with Gasteiger partial charge < -0.3 is 20.3 Å². The molecule has 3 aromatic rings. The van der Waals surface area contributed by atoms with Gasteiger partial charge in [-0.05, 0) is 36.1 Å². The molecule has 1 saturated carbocycles. The highest BCUT2D eigenvalue weighted by atomic mass is 16.3. The highest BCUT2D eigenvalue weighted by molar-refractivity contribution is 5.99. The number of fused-ring (bicyclic) bond motifs is 1. The lowest BCUT2D eigenvalue weighted by molar-refractivity contribution is -0.127. The van der Waals surface area contributed by atoms with E-state index in [1.54, 1.807) is 0 Å². The first-order valence-electron chi connectivity index (χ1n) is 11.7. The second-order valence-electron chi connectivity index (χ2n) is 8.99. The molecule has 4 rings (SSSR count). The maximum absolute atomic E-state index is 13.1. The molecule has 0 saturated heterocycles. The van der Waals surface area contributed by atoms with Crippen molar-refractivity contribution in [2.75, 3.05) is 0 Å². The SMILES string of the molecule is Cn1c(C(=O)NC2CCCCC2C(=O)NC(C#N)Cc2ccc(CO)cc2)cc2ccccc21. The van der Waals surface area contributed by atoms with Crippen LogP contribution in [0.25, 0.3) is 10.9 Å². The fourth-order valence-corrected chi connectivity index (χ4v) is 4.79. The lowest BCUT2D eigenvalue weighted by Gasteiger charge is -2.32. The van der Waals surface area contributed by atoms with Gasteiger partial charge in [0.25, 0.3) is 5.91 Å². The molecule has 34 heavy (non-hydrogen) atoms. The molecular weight excluding hydrogens is 428 g/mol. The summed E-state index contributed by atoms with van der Waals surface area (Å²) in [5, 5.41) is 25.8. The van der Waals surface area contributed by atoms with E-state index in [0.29, 0.717) is 18.5 Å². The zero-order valence-electron chi connectivity index (χ0n) is 19.3. The molecule has 0 bridgehead atoms. The number of para-hydroxylation sites is 1. The second-order valence-corrected chi connectivity index (χ2v) is 8.99. The Morgan fingerprint density at radius 2 is 1.82 bits per heavy atom. The van der Waals surface area contributed by atoms with Crippen LogP contribution in [0.3, 0.4) is 0 Å². The van der Waals surface area contributed by atoms with Crippen molar-refractivity contribution >= 4 is 22.7 Å². The van der Waals surface area contributed by atoms with E-state index in [4.69, 9.17) is 0 Å². The van der Waals surface area contributed by atoms with Gasteiger partial charge in [0.2, 0.25) is 5.91 Å². The van der Waals surface area contributed by atoms with Crippen molar-refractivity contribution in [3.63, 3.8) is 0 Å². The zero-order chi connectivity index (χ0) is 24.1. The highest BCUT2D eigenvalue weighted by Gasteiger charge is 2.33. The predicted octanol–water partition coefficient (Wildman–Crippen LogP) is 3.21. The van der Waals surface area contributed by atoms with E-state index in [1.165, 1.54) is 0 Å². The fraction of sp³-hybridized carbons (Fsp3) is 0.370. The van der Waals surface area contributed by atoms with Gasteiger partial charge in [0, 0.05) is 30.4 Å². The Hall–Kier alpha value is -3.63. The quantitative estimate of drug-likeness (QED) is 0.505. The van der Waals surface area contributed by atoms with Crippen molar-refractivity contribution in [2.24, 2.45) is 13.0 Å². The van der Waals surface area contributed by atoms with Crippen molar-refractivity contribution in [1.29, 1.82) is 5.26 Å². The number of aliphatic hydroxyl groups is 1. The van der Waals surface area contributed by atoms with Gasteiger partial charge in [0.1, 0.15) is 11.7 Å². The van der Waals surface area contributed by atoms with E-state index in [0.717, 1.165) is 41.3 Å². The molecule has 0 aliphatic heterocycles. The van der Waals surface area contributed by atoms with Crippen molar-refractivity contribution < 1.29 is 14.7 Å². The maximum Gasteiger partial charge on any atom is 0.268 e. The summed E-state index contributed by atoms with van der Waals surface area (Å²) in [7, 11) is 1.87. The number of aliphatic hydroxyl groups excluding tert-OH is 1. The number of nitrogens with one attached hydrogen (secondary N) is 2. The van der Waals surface area contributed by atoms with Gasteiger partial charge >= 0.3 is 0 Å². The first-order valence-corrected chi connectivity index (χ1v) is 11.7. The van der Waals surface area contributed by atoms with Crippen LogP contribution in [0.2, 0.25) is 0 Å². The van der Waals surface area contributed by atoms with Gasteiger partial charge in [0.15, 0.2) is 0 Å². The van der Waals surface area contributed by atoms with E-state index < -0.39 is 6.04 Å². The van der Waals surface area contributed by atoms with Gasteiger partial charge in [-0.15, -0.1) is 0 Å². The Morgan fingerprint density at radius 3 is 2.53 bits per heavy atom. The van der Waals surface area contributed by atoms with Crippen LogP contribution in [0.5, 0.6) is 0 Å². The van der Waals surface area contributed by atoms with Crippen LogP contribution in [0.15, 0.2) is 54.6 Å². The third-order valence-corrected chi connectivity index (χ3v) is 6.72. The zero-order valence-corrected chi connectivity index (χ0v) is 19.3. The van der Waals surface area contributed by atoms with Gasteiger partial charge in [0.05, 0.1) is 18.6 Å². The second kappa shape index (κ2) is 10.5. The molecule has 1 aliphatic carbocycles. The van der Waals surface area contributed by atoms with E-state index in [2.05, 4.69) is 16.7 Å². The Bertz CT molecular complexity index is 1210. The molecule has 1 heterocycles. The molecule has 2 aromatic carbocycles. The van der Waals surface area contributed by atoms with Gasteiger partial charge in [-0.1, -0.05) is 55.3 Å². The lowest BCUT2D eigenvalue weighted by atomic mass is 9.83. The van der Waals surface area contributed by atoms with Gasteiger partial charge in [-0.2, -0.15) is 5.26 Å². The topological polar surface area (TPSA) is 107 Å². The van der Waals surface area contributed by atoms with E-state index in [-0.39, 0.29) is 30.4 Å². The summed E-state index contributed by atoms with van der Waals surface area (Å²) in [6, 6.07) is 18.3. The Kier molecular flexibility index (Phi) is 7.29. The number of rotatable bonds is 7. The Morgan fingerprint density at radius 1 is 1.12 bits per heavy atom. The van der Waals surface area contributed by atoms with Crippen LogP contribution in [0, 0.1) is 17.2 Å². The number of hydrogen-bond donors (Lipinski definition) is 3. The average molecular weight is 459 g/mol. The van der Waals surface area contributed by atoms with Crippen molar-refractivity contribution in [3.8, 4) is 6.07 Å². The number of aryl methyl sites for hydroxylation is 1. The van der Waals surface area contributed by atoms with Crippen LogP contribution in [-0.4, -0.2) is 33.6 Å². The van der Waals surface area contributed by atoms with Crippen LogP contribution < -0.4 is 10.6 Å². The molecule has 3 unspecified atom stereocenters. The minimum Gasteiger partial charge on any atom is -0.392 e. The number of amides is 2. The number of carbonyl (C=O) groups is 2. The molecule has 3 N–H and O–H groups in total. The fourth-order valence-electron chi connectivity index (χ4n) is 4.79. The minimum atomic E-state index is -0.663. The molecule has 7 heteroatoms. The first kappa shape index (κ1) is 23.5. The third-order valence-electron chi connectivity index (χ3n) is 6.72. The highest BCUT2D eigenvalue weighted by Crippen LogP contribution is 2.26. The monoisotopic (exact) mass is 458 g/mol. The molecule has 1 aromatic heterocycles. The lowest BCUT2D eigenvalue weighted by Crippen LogP contribution is -2.50. The summed E-state index contributed by atoms with van der Waals surface area (Å²) >= 11 is 0.